The van der Waals surface area contributed by atoms with E-state index >= 15 is 0 Å². The summed E-state index contributed by atoms with van der Waals surface area (Å²) in [5.74, 6) is 1.30. The van der Waals surface area contributed by atoms with Crippen molar-refractivity contribution in [2.24, 2.45) is 5.92 Å². The van der Waals surface area contributed by atoms with E-state index in [4.69, 9.17) is 9.47 Å². The van der Waals surface area contributed by atoms with E-state index in [1.165, 1.54) is 16.9 Å². The minimum atomic E-state index is -0.942. The smallest absolute Gasteiger partial charge is 0.271 e. The van der Waals surface area contributed by atoms with Crippen LogP contribution in [0.15, 0.2) is 53.6 Å². The van der Waals surface area contributed by atoms with Crippen LogP contribution in [0.1, 0.15) is 52.0 Å². The van der Waals surface area contributed by atoms with Gasteiger partial charge in [0.25, 0.3) is 11.5 Å². The summed E-state index contributed by atoms with van der Waals surface area (Å²) < 4.78 is 14.4. The molecule has 0 radical (unpaired) electrons. The summed E-state index contributed by atoms with van der Waals surface area (Å²) in [5.41, 5.74) is -0.424. The van der Waals surface area contributed by atoms with E-state index in [1.807, 2.05) is 24.3 Å². The first-order chi connectivity index (χ1) is 19.2. The number of hydrogen-bond acceptors (Lipinski definition) is 8. The van der Waals surface area contributed by atoms with Gasteiger partial charge in [0, 0.05) is 31.4 Å². The summed E-state index contributed by atoms with van der Waals surface area (Å²) in [6, 6.07) is 9.96. The Morgan fingerprint density at radius 3 is 2.67 bits per heavy atom. The van der Waals surface area contributed by atoms with Crippen molar-refractivity contribution in [3.8, 4) is 11.5 Å². The Labute approximate surface area is 233 Å². The zero-order valence-corrected chi connectivity index (χ0v) is 23.2. The van der Waals surface area contributed by atoms with Gasteiger partial charge < -0.3 is 24.8 Å². The Bertz CT molecular complexity index is 1350. The summed E-state index contributed by atoms with van der Waals surface area (Å²) in [6.45, 7) is 6.48. The van der Waals surface area contributed by atoms with Gasteiger partial charge in [0.15, 0.2) is 17.3 Å². The standard InChI is InChI=1S/C29H38N6O5/c1-29(2,38)20-34-12-11-26(32-34)31-28(37)24(17-21-7-3-4-8-21)35-27(36)18-22(19-30-35)40-25-10-6-5-9-23(25)33-13-15-39-16-14-33/h5-6,9-12,18-19,21,24,38H,3-4,7-8,13-17,20H2,1-2H3,(H,31,32,37). The van der Waals surface area contributed by atoms with Gasteiger partial charge >= 0.3 is 0 Å². The van der Waals surface area contributed by atoms with E-state index in [-0.39, 0.29) is 12.5 Å². The van der Waals surface area contributed by atoms with Crippen LogP contribution in [0.5, 0.6) is 11.5 Å². The number of nitrogens with zero attached hydrogens (tertiary/aromatic N) is 5. The number of morpholine rings is 1. The second-order valence-electron chi connectivity index (χ2n) is 11.2. The largest absolute Gasteiger partial charge is 0.453 e. The van der Waals surface area contributed by atoms with Crippen molar-refractivity contribution in [1.82, 2.24) is 19.6 Å². The predicted octanol–water partition coefficient (Wildman–Crippen LogP) is 3.60. The van der Waals surface area contributed by atoms with Crippen molar-refractivity contribution in [2.45, 2.75) is 64.1 Å². The number of anilines is 2. The van der Waals surface area contributed by atoms with Crippen molar-refractivity contribution < 1.29 is 19.4 Å². The Kier molecular flexibility index (Phi) is 8.51. The van der Waals surface area contributed by atoms with Crippen molar-refractivity contribution >= 4 is 17.4 Å². The third-order valence-corrected chi connectivity index (χ3v) is 7.32. The molecule has 40 heavy (non-hydrogen) atoms. The van der Waals surface area contributed by atoms with Gasteiger partial charge in [-0.05, 0) is 38.3 Å². The fourth-order valence-electron chi connectivity index (χ4n) is 5.43. The molecule has 2 fully saturated rings. The molecule has 5 rings (SSSR count). The molecule has 214 valence electrons. The van der Waals surface area contributed by atoms with E-state index in [2.05, 4.69) is 20.4 Å². The monoisotopic (exact) mass is 550 g/mol. The van der Waals surface area contributed by atoms with Crippen LogP contribution >= 0.6 is 0 Å². The lowest BCUT2D eigenvalue weighted by molar-refractivity contribution is -0.120. The van der Waals surface area contributed by atoms with Crippen LogP contribution < -0.4 is 20.5 Å². The first kappa shape index (κ1) is 27.9. The molecule has 3 heterocycles. The second kappa shape index (κ2) is 12.2. The lowest BCUT2D eigenvalue weighted by Gasteiger charge is -2.30. The third kappa shape index (κ3) is 7.08. The number of nitrogens with one attached hydrogen (secondary N) is 1. The highest BCUT2D eigenvalue weighted by molar-refractivity contribution is 5.92. The number of ether oxygens (including phenoxy) is 2. The molecular weight excluding hydrogens is 512 g/mol. The maximum Gasteiger partial charge on any atom is 0.271 e. The molecule has 0 bridgehead atoms. The highest BCUT2D eigenvalue weighted by Gasteiger charge is 2.29. The molecule has 1 saturated heterocycles. The molecule has 2 N–H and O–H groups in total. The minimum absolute atomic E-state index is 0.283. The molecule has 1 amide bonds. The SMILES string of the molecule is CC(C)(O)Cn1ccc(NC(=O)C(CC2CCCC2)n2ncc(Oc3ccccc3N3CCOCC3)cc2=O)n1. The summed E-state index contributed by atoms with van der Waals surface area (Å²) in [7, 11) is 0. The number of rotatable bonds is 10. The van der Waals surface area contributed by atoms with Crippen molar-refractivity contribution in [1.29, 1.82) is 0 Å². The summed E-state index contributed by atoms with van der Waals surface area (Å²) >= 11 is 0. The van der Waals surface area contributed by atoms with Crippen molar-refractivity contribution in [2.75, 3.05) is 36.5 Å². The minimum Gasteiger partial charge on any atom is -0.453 e. The highest BCUT2D eigenvalue weighted by Crippen LogP contribution is 2.34. The number of amides is 1. The van der Waals surface area contributed by atoms with Crippen LogP contribution in [0.3, 0.4) is 0 Å². The summed E-state index contributed by atoms with van der Waals surface area (Å²) in [6.07, 6.45) is 8.01. The van der Waals surface area contributed by atoms with Gasteiger partial charge in [-0.25, -0.2) is 4.68 Å². The molecule has 2 aliphatic rings. The van der Waals surface area contributed by atoms with Gasteiger partial charge in [0.2, 0.25) is 0 Å². The Hall–Kier alpha value is -3.70. The fourth-order valence-corrected chi connectivity index (χ4v) is 5.43. The normalized spacial score (nSPS) is 17.1. The van der Waals surface area contributed by atoms with Gasteiger partial charge in [-0.1, -0.05) is 37.8 Å². The van der Waals surface area contributed by atoms with E-state index in [0.29, 0.717) is 42.9 Å². The Balaban J connectivity index is 1.35. The zero-order valence-electron chi connectivity index (χ0n) is 23.2. The Morgan fingerprint density at radius 1 is 1.20 bits per heavy atom. The number of carbonyl (C=O) groups is 1. The fraction of sp³-hybridized carbons (Fsp3) is 0.517. The number of aromatic nitrogens is 4. The molecule has 3 aromatic rings. The summed E-state index contributed by atoms with van der Waals surface area (Å²) in [5, 5.41) is 21.7. The quantitative estimate of drug-likeness (QED) is 0.393. The average Bonchev–Trinajstić information content (AvgIpc) is 3.59. The molecule has 1 atom stereocenters. The molecule has 1 aliphatic heterocycles. The van der Waals surface area contributed by atoms with Gasteiger partial charge in [-0.15, -0.1) is 0 Å². The zero-order chi connectivity index (χ0) is 28.1. The maximum absolute atomic E-state index is 13.5. The topological polar surface area (TPSA) is 124 Å². The molecule has 0 spiro atoms. The molecule has 1 aromatic carbocycles. The molecule has 2 aromatic heterocycles. The van der Waals surface area contributed by atoms with Crippen LogP contribution in [0.2, 0.25) is 0 Å². The molecule has 11 heteroatoms. The third-order valence-electron chi connectivity index (χ3n) is 7.32. The number of carbonyl (C=O) groups excluding carboxylic acids is 1. The predicted molar refractivity (Wildman–Crippen MR) is 151 cm³/mol. The highest BCUT2D eigenvalue weighted by atomic mass is 16.5. The summed E-state index contributed by atoms with van der Waals surface area (Å²) in [4.78, 5) is 29.0. The molecule has 1 unspecified atom stereocenters. The number of hydrogen-bond donors (Lipinski definition) is 2. The molecule has 11 nitrogen and oxygen atoms in total. The van der Waals surface area contributed by atoms with Crippen molar-refractivity contribution in [3.63, 3.8) is 0 Å². The number of benzene rings is 1. The molecule has 1 aliphatic carbocycles. The number of para-hydroxylation sites is 2. The van der Waals surface area contributed by atoms with Gasteiger partial charge in [-0.2, -0.15) is 10.2 Å². The van der Waals surface area contributed by atoms with Crippen LogP contribution in [0.25, 0.3) is 0 Å². The maximum atomic E-state index is 13.5. The average molecular weight is 551 g/mol. The van der Waals surface area contributed by atoms with Gasteiger partial charge in [0.1, 0.15) is 6.04 Å². The van der Waals surface area contributed by atoms with E-state index < -0.39 is 17.2 Å². The van der Waals surface area contributed by atoms with E-state index in [1.54, 1.807) is 30.8 Å². The first-order valence-electron chi connectivity index (χ1n) is 14.0. The van der Waals surface area contributed by atoms with Crippen LogP contribution in [0.4, 0.5) is 11.5 Å². The second-order valence-corrected chi connectivity index (χ2v) is 11.2. The van der Waals surface area contributed by atoms with Gasteiger partial charge in [-0.3, -0.25) is 14.3 Å². The first-order valence-corrected chi connectivity index (χ1v) is 14.0. The van der Waals surface area contributed by atoms with E-state index in [9.17, 15) is 14.7 Å². The molecular formula is C29H38N6O5. The van der Waals surface area contributed by atoms with Crippen LogP contribution in [-0.4, -0.2) is 62.5 Å². The van der Waals surface area contributed by atoms with Crippen LogP contribution in [0, 0.1) is 5.92 Å². The Morgan fingerprint density at radius 2 is 1.95 bits per heavy atom. The van der Waals surface area contributed by atoms with Crippen LogP contribution in [-0.2, 0) is 16.1 Å². The lowest BCUT2D eigenvalue weighted by Crippen LogP contribution is -2.36. The lowest BCUT2D eigenvalue weighted by atomic mass is 9.98. The van der Waals surface area contributed by atoms with E-state index in [0.717, 1.165) is 44.5 Å². The van der Waals surface area contributed by atoms with Crippen molar-refractivity contribution in [3.05, 3.63) is 59.1 Å². The number of aliphatic hydroxyl groups is 1. The van der Waals surface area contributed by atoms with Gasteiger partial charge in [0.05, 0.1) is 37.2 Å². The molecule has 1 saturated carbocycles.